The van der Waals surface area contributed by atoms with E-state index in [1.165, 1.54) is 25.7 Å². The van der Waals surface area contributed by atoms with E-state index < -0.39 is 0 Å². The average Bonchev–Trinajstić information content (AvgIpc) is 2.44. The van der Waals surface area contributed by atoms with Gasteiger partial charge in [0.1, 0.15) is 5.82 Å². The van der Waals surface area contributed by atoms with Crippen molar-refractivity contribution in [3.8, 4) is 0 Å². The lowest BCUT2D eigenvalue weighted by atomic mass is 9.86. The number of hydrogen-bond acceptors (Lipinski definition) is 2. The van der Waals surface area contributed by atoms with E-state index in [1.54, 1.807) is 6.07 Å². The first kappa shape index (κ1) is 16.3. The maximum atomic E-state index is 14.4. The van der Waals surface area contributed by atoms with E-state index in [9.17, 15) is 4.39 Å². The molecule has 118 valence electrons. The topological polar surface area (TPSA) is 15.3 Å². The van der Waals surface area contributed by atoms with Crippen LogP contribution in [-0.4, -0.2) is 19.1 Å². The lowest BCUT2D eigenvalue weighted by Crippen LogP contribution is -2.36. The maximum absolute atomic E-state index is 14.4. The molecule has 0 bridgehead atoms. The SMILES string of the molecule is CC1CCCC(N(C)c2ccc(CNC(C)C)cc2F)C1. The maximum Gasteiger partial charge on any atom is 0.146 e. The third-order valence-corrected chi connectivity index (χ3v) is 4.56. The Morgan fingerprint density at radius 1 is 1.33 bits per heavy atom. The first-order chi connectivity index (χ1) is 9.97. The molecule has 0 aromatic heterocycles. The minimum Gasteiger partial charge on any atom is -0.369 e. The summed E-state index contributed by atoms with van der Waals surface area (Å²) in [5, 5.41) is 3.33. The molecule has 21 heavy (non-hydrogen) atoms. The molecule has 1 N–H and O–H groups in total. The molecule has 1 aromatic carbocycles. The van der Waals surface area contributed by atoms with Crippen molar-refractivity contribution in [2.24, 2.45) is 5.92 Å². The highest BCUT2D eigenvalue weighted by Gasteiger charge is 2.24. The molecule has 3 heteroatoms. The molecule has 2 nitrogen and oxygen atoms in total. The van der Waals surface area contributed by atoms with Crippen LogP contribution in [0.4, 0.5) is 10.1 Å². The second kappa shape index (κ2) is 7.26. The Hall–Kier alpha value is -1.09. The summed E-state index contributed by atoms with van der Waals surface area (Å²) in [5.41, 5.74) is 1.75. The lowest BCUT2D eigenvalue weighted by molar-refractivity contribution is 0.335. The molecule has 2 rings (SSSR count). The van der Waals surface area contributed by atoms with Gasteiger partial charge >= 0.3 is 0 Å². The summed E-state index contributed by atoms with van der Waals surface area (Å²) in [5.74, 6) is 0.655. The van der Waals surface area contributed by atoms with E-state index in [1.807, 2.05) is 19.2 Å². The first-order valence-corrected chi connectivity index (χ1v) is 8.22. The molecular weight excluding hydrogens is 263 g/mol. The Kier molecular flexibility index (Phi) is 5.63. The lowest BCUT2D eigenvalue weighted by Gasteiger charge is -2.35. The summed E-state index contributed by atoms with van der Waals surface area (Å²) in [4.78, 5) is 2.14. The van der Waals surface area contributed by atoms with Crippen LogP contribution in [0.3, 0.4) is 0 Å². The van der Waals surface area contributed by atoms with Gasteiger partial charge in [-0.25, -0.2) is 4.39 Å². The Labute approximate surface area is 128 Å². The zero-order valence-electron chi connectivity index (χ0n) is 13.8. The van der Waals surface area contributed by atoms with Crippen molar-refractivity contribution in [1.82, 2.24) is 5.32 Å². The van der Waals surface area contributed by atoms with Crippen molar-refractivity contribution in [2.45, 2.75) is 65.1 Å². The van der Waals surface area contributed by atoms with Gasteiger partial charge in [-0.2, -0.15) is 0 Å². The molecule has 2 unspecified atom stereocenters. The van der Waals surface area contributed by atoms with Crippen LogP contribution in [-0.2, 0) is 6.54 Å². The van der Waals surface area contributed by atoms with Crippen LogP contribution in [0.25, 0.3) is 0 Å². The third kappa shape index (κ3) is 4.44. The quantitative estimate of drug-likeness (QED) is 0.868. The number of benzene rings is 1. The average molecular weight is 292 g/mol. The van der Waals surface area contributed by atoms with Crippen LogP contribution < -0.4 is 10.2 Å². The fourth-order valence-corrected chi connectivity index (χ4v) is 3.22. The van der Waals surface area contributed by atoms with Gasteiger partial charge in [-0.15, -0.1) is 0 Å². The minimum atomic E-state index is -0.0983. The van der Waals surface area contributed by atoms with Gasteiger partial charge in [0.15, 0.2) is 0 Å². The smallest absolute Gasteiger partial charge is 0.146 e. The molecule has 1 aromatic rings. The van der Waals surface area contributed by atoms with Crippen LogP contribution in [0.15, 0.2) is 18.2 Å². The normalized spacial score (nSPS) is 22.6. The predicted octanol–water partition coefficient (Wildman–Crippen LogP) is 4.34. The van der Waals surface area contributed by atoms with Gasteiger partial charge in [-0.1, -0.05) is 39.7 Å². The van der Waals surface area contributed by atoms with Crippen LogP contribution >= 0.6 is 0 Å². The summed E-state index contributed by atoms with van der Waals surface area (Å²) in [6, 6.07) is 6.54. The van der Waals surface area contributed by atoms with Crippen molar-refractivity contribution in [3.05, 3.63) is 29.6 Å². The van der Waals surface area contributed by atoms with Crippen LogP contribution in [0.2, 0.25) is 0 Å². The Balaban J connectivity index is 2.05. The molecule has 1 aliphatic carbocycles. The summed E-state index contributed by atoms with van der Waals surface area (Å²) in [6.45, 7) is 7.22. The van der Waals surface area contributed by atoms with Crippen molar-refractivity contribution in [3.63, 3.8) is 0 Å². The van der Waals surface area contributed by atoms with E-state index in [-0.39, 0.29) is 5.82 Å². The summed E-state index contributed by atoms with van der Waals surface area (Å²) < 4.78 is 14.4. The van der Waals surface area contributed by atoms with Crippen molar-refractivity contribution in [1.29, 1.82) is 0 Å². The molecule has 0 amide bonds. The van der Waals surface area contributed by atoms with Gasteiger partial charge < -0.3 is 10.2 Å². The molecule has 0 radical (unpaired) electrons. The van der Waals surface area contributed by atoms with E-state index >= 15 is 0 Å². The van der Waals surface area contributed by atoms with Gasteiger partial charge in [0.05, 0.1) is 5.69 Å². The van der Waals surface area contributed by atoms with E-state index in [2.05, 4.69) is 31.0 Å². The van der Waals surface area contributed by atoms with Crippen LogP contribution in [0.5, 0.6) is 0 Å². The van der Waals surface area contributed by atoms with E-state index in [0.717, 1.165) is 23.7 Å². The Morgan fingerprint density at radius 2 is 2.10 bits per heavy atom. The molecular formula is C18H29FN2. The number of nitrogens with zero attached hydrogens (tertiary/aromatic N) is 1. The highest BCUT2D eigenvalue weighted by molar-refractivity contribution is 5.49. The zero-order chi connectivity index (χ0) is 15.4. The molecule has 1 fully saturated rings. The van der Waals surface area contributed by atoms with Crippen molar-refractivity contribution < 1.29 is 4.39 Å². The van der Waals surface area contributed by atoms with Crippen molar-refractivity contribution >= 4 is 5.69 Å². The van der Waals surface area contributed by atoms with E-state index in [0.29, 0.717) is 12.1 Å². The van der Waals surface area contributed by atoms with Gasteiger partial charge in [0, 0.05) is 25.7 Å². The van der Waals surface area contributed by atoms with Crippen molar-refractivity contribution in [2.75, 3.05) is 11.9 Å². The molecule has 1 saturated carbocycles. The number of nitrogens with one attached hydrogen (secondary N) is 1. The number of anilines is 1. The second-order valence-electron chi connectivity index (χ2n) is 6.86. The molecule has 1 aliphatic rings. The summed E-state index contributed by atoms with van der Waals surface area (Å²) in [6.07, 6.45) is 4.92. The van der Waals surface area contributed by atoms with Crippen LogP contribution in [0, 0.1) is 11.7 Å². The molecule has 0 aliphatic heterocycles. The number of hydrogen-bond donors (Lipinski definition) is 1. The number of rotatable bonds is 5. The predicted molar refractivity (Wildman–Crippen MR) is 88.2 cm³/mol. The largest absolute Gasteiger partial charge is 0.369 e. The fourth-order valence-electron chi connectivity index (χ4n) is 3.22. The minimum absolute atomic E-state index is 0.0983. The van der Waals surface area contributed by atoms with Gasteiger partial charge in [-0.05, 0) is 36.5 Å². The molecule has 2 atom stereocenters. The summed E-state index contributed by atoms with van der Waals surface area (Å²) >= 11 is 0. The highest BCUT2D eigenvalue weighted by atomic mass is 19.1. The fraction of sp³-hybridized carbons (Fsp3) is 0.667. The first-order valence-electron chi connectivity index (χ1n) is 8.22. The zero-order valence-corrected chi connectivity index (χ0v) is 13.8. The van der Waals surface area contributed by atoms with Gasteiger partial charge in [-0.3, -0.25) is 0 Å². The highest BCUT2D eigenvalue weighted by Crippen LogP contribution is 2.31. The third-order valence-electron chi connectivity index (χ3n) is 4.56. The molecule has 0 heterocycles. The standard InChI is InChI=1S/C18H29FN2/c1-13(2)20-12-15-8-9-18(17(19)11-15)21(4)16-7-5-6-14(3)10-16/h8-9,11,13-14,16,20H,5-7,10,12H2,1-4H3. The Bertz CT molecular complexity index is 459. The number of halogens is 1. The van der Waals surface area contributed by atoms with Gasteiger partial charge in [0.25, 0.3) is 0 Å². The Morgan fingerprint density at radius 3 is 2.71 bits per heavy atom. The monoisotopic (exact) mass is 292 g/mol. The summed E-state index contributed by atoms with van der Waals surface area (Å²) in [7, 11) is 2.03. The second-order valence-corrected chi connectivity index (χ2v) is 6.86. The molecule has 0 spiro atoms. The van der Waals surface area contributed by atoms with Gasteiger partial charge in [0.2, 0.25) is 0 Å². The van der Waals surface area contributed by atoms with E-state index in [4.69, 9.17) is 0 Å². The van der Waals surface area contributed by atoms with Crippen LogP contribution in [0.1, 0.15) is 52.0 Å². The molecule has 0 saturated heterocycles.